The van der Waals surface area contributed by atoms with Gasteiger partial charge in [0.05, 0.1) is 31.8 Å². The van der Waals surface area contributed by atoms with E-state index in [1.807, 2.05) is 0 Å². The Hall–Kier alpha value is -0.120. The fraction of sp³-hybridized carbons (Fsp3) is 1.00. The van der Waals surface area contributed by atoms with Gasteiger partial charge in [0.25, 0.3) is 0 Å². The van der Waals surface area contributed by atoms with E-state index in [1.54, 1.807) is 0 Å². The number of hydrogen-bond donors (Lipinski definition) is 2. The zero-order chi connectivity index (χ0) is 6.04. The van der Waals surface area contributed by atoms with Crippen molar-refractivity contribution >= 4 is 0 Å². The predicted molar refractivity (Wildman–Crippen MR) is 28.1 cm³/mol. The van der Waals surface area contributed by atoms with Crippen LogP contribution in [-0.4, -0.2) is 31.5 Å². The quantitative estimate of drug-likeness (QED) is 0.451. The first-order valence-electron chi connectivity index (χ1n) is 2.81. The average molecular weight is 118 g/mol. The Morgan fingerprint density at radius 1 is 1.62 bits per heavy atom. The van der Waals surface area contributed by atoms with Gasteiger partial charge in [-0.25, -0.2) is 0 Å². The van der Waals surface area contributed by atoms with Crippen molar-refractivity contribution in [3.63, 3.8) is 0 Å². The number of hydrogen-bond acceptors (Lipinski definition) is 2. The Balaban J connectivity index is 2.33. The lowest BCUT2D eigenvalue weighted by Gasteiger charge is -2.36. The van der Waals surface area contributed by atoms with Gasteiger partial charge in [-0.3, -0.25) is 0 Å². The zero-order valence-electron chi connectivity index (χ0n) is 4.89. The summed E-state index contributed by atoms with van der Waals surface area (Å²) in [5.74, 6) is 0. The lowest BCUT2D eigenvalue weighted by molar-refractivity contribution is -0.413. The minimum Gasteiger partial charge on any atom is -0.395 e. The van der Waals surface area contributed by atoms with Gasteiger partial charge < -0.3 is 15.6 Å². The second-order valence-electron chi connectivity index (χ2n) is 2.40. The molecule has 4 N–H and O–H groups in total. The molecule has 1 saturated heterocycles. The Kier molecular flexibility index (Phi) is 1.51. The van der Waals surface area contributed by atoms with Crippen molar-refractivity contribution in [3.8, 4) is 0 Å². The molecule has 8 heavy (non-hydrogen) atoms. The summed E-state index contributed by atoms with van der Waals surface area (Å²) >= 11 is 0. The fourth-order valence-electron chi connectivity index (χ4n) is 0.705. The minimum atomic E-state index is 0.0278. The largest absolute Gasteiger partial charge is 0.395 e. The Labute approximate surface area is 48.4 Å². The van der Waals surface area contributed by atoms with E-state index in [2.05, 4.69) is 5.73 Å². The Morgan fingerprint density at radius 2 is 2.25 bits per heavy atom. The topological polar surface area (TPSA) is 57.1 Å². The van der Waals surface area contributed by atoms with E-state index in [9.17, 15) is 0 Å². The molecule has 1 aliphatic rings. The average Bonchev–Trinajstić information content (AvgIpc) is 1.67. The van der Waals surface area contributed by atoms with Gasteiger partial charge >= 0.3 is 0 Å². The summed E-state index contributed by atoms with van der Waals surface area (Å²) in [6, 6.07) is 0. The second-order valence-corrected chi connectivity index (χ2v) is 2.40. The van der Waals surface area contributed by atoms with Crippen LogP contribution < -0.4 is 5.73 Å². The van der Waals surface area contributed by atoms with E-state index >= 15 is 0 Å². The van der Waals surface area contributed by atoms with Crippen molar-refractivity contribution in [1.29, 1.82) is 0 Å². The highest BCUT2D eigenvalue weighted by atomic mass is 16.5. The van der Waals surface area contributed by atoms with Crippen LogP contribution in [0.2, 0.25) is 0 Å². The molecular weight excluding hydrogens is 106 g/mol. The van der Waals surface area contributed by atoms with Gasteiger partial charge in [0.15, 0.2) is 0 Å². The summed E-state index contributed by atoms with van der Waals surface area (Å²) in [6.07, 6.45) is 0. The van der Waals surface area contributed by atoms with Gasteiger partial charge in [0.2, 0.25) is 0 Å². The molecule has 0 saturated carbocycles. The highest BCUT2D eigenvalue weighted by Crippen LogP contribution is 2.23. The van der Waals surface area contributed by atoms with Crippen molar-refractivity contribution in [1.82, 2.24) is 0 Å². The van der Waals surface area contributed by atoms with Crippen LogP contribution in [0.25, 0.3) is 0 Å². The Morgan fingerprint density at radius 3 is 2.25 bits per heavy atom. The van der Waals surface area contributed by atoms with E-state index < -0.39 is 0 Å². The third-order valence-corrected chi connectivity index (χ3v) is 1.68. The highest BCUT2D eigenvalue weighted by Gasteiger charge is 2.38. The molecule has 0 atom stereocenters. The van der Waals surface area contributed by atoms with Crippen LogP contribution in [-0.2, 0) is 4.74 Å². The third-order valence-electron chi connectivity index (χ3n) is 1.68. The summed E-state index contributed by atoms with van der Waals surface area (Å²) < 4.78 is 4.92. The molecule has 0 unspecified atom stereocenters. The summed E-state index contributed by atoms with van der Waals surface area (Å²) in [5.41, 5.74) is 3.74. The van der Waals surface area contributed by atoms with Crippen molar-refractivity contribution < 1.29 is 15.6 Å². The van der Waals surface area contributed by atoms with E-state index in [0.717, 1.165) is 6.54 Å². The molecule has 1 aliphatic heterocycles. The maximum absolute atomic E-state index is 8.72. The van der Waals surface area contributed by atoms with Crippen LogP contribution in [0.1, 0.15) is 0 Å². The monoisotopic (exact) mass is 118 g/mol. The molecule has 0 aromatic rings. The zero-order valence-corrected chi connectivity index (χ0v) is 4.89. The number of rotatable bonds is 2. The highest BCUT2D eigenvalue weighted by molar-refractivity contribution is 4.83. The fourth-order valence-corrected chi connectivity index (χ4v) is 0.705. The van der Waals surface area contributed by atoms with Gasteiger partial charge in [0, 0.05) is 0 Å². The standard InChI is InChI=1S/C5H11NO2/c6-1-5(2-7)3-8-4-5/h7H,1-4,6H2/p+1. The minimum absolute atomic E-state index is 0.0278. The van der Waals surface area contributed by atoms with E-state index in [-0.39, 0.29) is 12.0 Å². The maximum Gasteiger partial charge on any atom is 0.0888 e. The van der Waals surface area contributed by atoms with Gasteiger partial charge in [-0.05, 0) is 0 Å². The summed E-state index contributed by atoms with van der Waals surface area (Å²) in [5, 5.41) is 8.72. The summed E-state index contributed by atoms with van der Waals surface area (Å²) in [4.78, 5) is 0. The molecular formula is C5H12NO2+. The van der Waals surface area contributed by atoms with E-state index in [4.69, 9.17) is 9.84 Å². The molecule has 0 amide bonds. The molecule has 1 rings (SSSR count). The number of aliphatic hydroxyl groups is 1. The first-order chi connectivity index (χ1) is 3.83. The van der Waals surface area contributed by atoms with E-state index in [1.165, 1.54) is 0 Å². The molecule has 3 heteroatoms. The summed E-state index contributed by atoms with van der Waals surface area (Å²) in [6.45, 7) is 2.38. The molecule has 0 aromatic carbocycles. The molecule has 1 heterocycles. The number of quaternary nitrogens is 1. The second kappa shape index (κ2) is 2.01. The number of aliphatic hydroxyl groups excluding tert-OH is 1. The van der Waals surface area contributed by atoms with Crippen molar-refractivity contribution in [2.24, 2.45) is 5.41 Å². The first kappa shape index (κ1) is 6.01. The van der Waals surface area contributed by atoms with Crippen LogP contribution in [0, 0.1) is 5.41 Å². The maximum atomic E-state index is 8.72. The molecule has 0 aliphatic carbocycles. The van der Waals surface area contributed by atoms with Gasteiger partial charge in [-0.2, -0.15) is 0 Å². The first-order valence-corrected chi connectivity index (χ1v) is 2.81. The lowest BCUT2D eigenvalue weighted by Crippen LogP contribution is -2.65. The van der Waals surface area contributed by atoms with E-state index in [0.29, 0.717) is 13.2 Å². The molecule has 0 aromatic heterocycles. The molecule has 0 radical (unpaired) electrons. The molecule has 3 nitrogen and oxygen atoms in total. The van der Waals surface area contributed by atoms with Crippen LogP contribution in [0.4, 0.5) is 0 Å². The van der Waals surface area contributed by atoms with Crippen molar-refractivity contribution in [3.05, 3.63) is 0 Å². The molecule has 1 fully saturated rings. The van der Waals surface area contributed by atoms with Crippen molar-refractivity contribution in [2.45, 2.75) is 0 Å². The van der Waals surface area contributed by atoms with Crippen LogP contribution in [0.5, 0.6) is 0 Å². The van der Waals surface area contributed by atoms with Crippen LogP contribution in [0.3, 0.4) is 0 Å². The summed E-state index contributed by atoms with van der Waals surface area (Å²) in [7, 11) is 0. The normalized spacial score (nSPS) is 24.8. The van der Waals surface area contributed by atoms with Crippen LogP contribution in [0.15, 0.2) is 0 Å². The SMILES string of the molecule is [NH3+]CC1(CO)COC1. The molecule has 48 valence electrons. The molecule has 0 bridgehead atoms. The van der Waals surface area contributed by atoms with Crippen molar-refractivity contribution in [2.75, 3.05) is 26.4 Å². The predicted octanol–water partition coefficient (Wildman–Crippen LogP) is -1.76. The van der Waals surface area contributed by atoms with Gasteiger partial charge in [-0.1, -0.05) is 0 Å². The molecule has 0 spiro atoms. The van der Waals surface area contributed by atoms with Crippen LogP contribution >= 0.6 is 0 Å². The number of ether oxygens (including phenoxy) is 1. The lowest BCUT2D eigenvalue weighted by atomic mass is 9.87. The van der Waals surface area contributed by atoms with Gasteiger partial charge in [0.1, 0.15) is 0 Å². The Bertz CT molecular complexity index is 67.0. The smallest absolute Gasteiger partial charge is 0.0888 e. The van der Waals surface area contributed by atoms with Gasteiger partial charge in [-0.15, -0.1) is 0 Å². The third kappa shape index (κ3) is 0.727.